The second kappa shape index (κ2) is 6.71. The van der Waals surface area contributed by atoms with Crippen molar-refractivity contribution in [2.75, 3.05) is 0 Å². The van der Waals surface area contributed by atoms with Gasteiger partial charge in [-0.25, -0.2) is 4.98 Å². The Morgan fingerprint density at radius 2 is 2.26 bits per heavy atom. The number of carbonyl (C=O) groups is 1. The van der Waals surface area contributed by atoms with E-state index < -0.39 is 6.04 Å². The van der Waals surface area contributed by atoms with E-state index in [2.05, 4.69) is 29.0 Å². The van der Waals surface area contributed by atoms with Crippen molar-refractivity contribution in [2.45, 2.75) is 64.5 Å². The predicted octanol–water partition coefficient (Wildman–Crippen LogP) is 2.98. The summed E-state index contributed by atoms with van der Waals surface area (Å²) in [5, 5.41) is 0. The summed E-state index contributed by atoms with van der Waals surface area (Å²) in [4.78, 5) is 22.6. The minimum absolute atomic E-state index is 0.0257. The summed E-state index contributed by atoms with van der Waals surface area (Å²) in [5.41, 5.74) is 9.37. The van der Waals surface area contributed by atoms with Gasteiger partial charge in [0.25, 0.3) is 0 Å². The molecule has 5 nitrogen and oxygen atoms in total. The lowest BCUT2D eigenvalue weighted by Gasteiger charge is -2.40. The van der Waals surface area contributed by atoms with E-state index in [1.54, 1.807) is 6.92 Å². The Kier molecular flexibility index (Phi) is 4.66. The number of amides is 1. The van der Waals surface area contributed by atoms with Gasteiger partial charge in [-0.1, -0.05) is 25.5 Å². The number of hydrogen-bond acceptors (Lipinski definition) is 3. The van der Waals surface area contributed by atoms with E-state index in [1.165, 1.54) is 5.57 Å². The van der Waals surface area contributed by atoms with E-state index in [0.717, 1.165) is 55.7 Å². The van der Waals surface area contributed by atoms with Gasteiger partial charge in [0.05, 0.1) is 12.1 Å². The average molecular weight is 314 g/mol. The molecule has 1 aromatic rings. The number of hydrogen-bond donors (Lipinski definition) is 2. The Bertz CT molecular complexity index is 641. The van der Waals surface area contributed by atoms with Crippen molar-refractivity contribution in [3.8, 4) is 0 Å². The smallest absolute Gasteiger partial charge is 0.244 e. The van der Waals surface area contributed by atoms with Gasteiger partial charge in [-0.3, -0.25) is 4.79 Å². The maximum atomic E-state index is 12.8. The number of aryl methyl sites for hydroxylation is 1. The van der Waals surface area contributed by atoms with E-state index in [-0.39, 0.29) is 11.9 Å². The quantitative estimate of drug-likeness (QED) is 0.897. The van der Waals surface area contributed by atoms with Crippen LogP contribution in [-0.4, -0.2) is 26.8 Å². The number of nitrogens with zero attached hydrogens (tertiary/aromatic N) is 2. The van der Waals surface area contributed by atoms with Gasteiger partial charge < -0.3 is 15.6 Å². The highest BCUT2D eigenvalue weighted by atomic mass is 16.2. The molecule has 1 amide bonds. The molecule has 0 spiro atoms. The normalized spacial score (nSPS) is 22.2. The number of nitrogens with one attached hydrogen (secondary N) is 1. The molecule has 2 aliphatic rings. The lowest BCUT2D eigenvalue weighted by Crippen LogP contribution is -2.46. The van der Waals surface area contributed by atoms with Gasteiger partial charge in [-0.15, -0.1) is 0 Å². The number of H-pyrrole nitrogens is 1. The first kappa shape index (κ1) is 16.0. The first-order valence-electron chi connectivity index (χ1n) is 8.63. The van der Waals surface area contributed by atoms with Gasteiger partial charge in [-0.2, -0.15) is 0 Å². The van der Waals surface area contributed by atoms with Gasteiger partial charge in [0.15, 0.2) is 0 Å². The summed E-state index contributed by atoms with van der Waals surface area (Å²) in [5.74, 6) is 0.857. The summed E-state index contributed by atoms with van der Waals surface area (Å²) >= 11 is 0. The molecule has 0 bridgehead atoms. The SMILES string of the molecule is CCCc1cnc(C2CCC3=CCCC=C3N2C(=O)C(C)N)[nH]1. The molecule has 3 N–H and O–H groups in total. The average Bonchev–Trinajstić information content (AvgIpc) is 3.02. The van der Waals surface area contributed by atoms with E-state index in [0.29, 0.717) is 0 Å². The Morgan fingerprint density at radius 1 is 1.48 bits per heavy atom. The molecular weight excluding hydrogens is 288 g/mol. The molecule has 0 saturated carbocycles. The van der Waals surface area contributed by atoms with E-state index in [1.807, 2.05) is 11.1 Å². The molecule has 1 aromatic heterocycles. The number of imidazole rings is 1. The van der Waals surface area contributed by atoms with Crippen LogP contribution in [-0.2, 0) is 11.2 Å². The van der Waals surface area contributed by atoms with Crippen LogP contribution < -0.4 is 5.73 Å². The zero-order valence-electron chi connectivity index (χ0n) is 14.0. The lowest BCUT2D eigenvalue weighted by molar-refractivity contribution is -0.133. The summed E-state index contributed by atoms with van der Waals surface area (Å²) in [6, 6.07) is -0.551. The Labute approximate surface area is 137 Å². The van der Waals surface area contributed by atoms with Gasteiger partial charge >= 0.3 is 0 Å². The second-order valence-electron chi connectivity index (χ2n) is 6.49. The number of nitrogens with two attached hydrogens (primary N) is 1. The number of rotatable bonds is 4. The molecule has 3 rings (SSSR count). The molecule has 2 unspecified atom stereocenters. The highest BCUT2D eigenvalue weighted by Gasteiger charge is 2.37. The first-order chi connectivity index (χ1) is 11.1. The number of aromatic nitrogens is 2. The minimum Gasteiger partial charge on any atom is -0.344 e. The highest BCUT2D eigenvalue weighted by molar-refractivity contribution is 5.84. The Hall–Kier alpha value is -1.88. The maximum Gasteiger partial charge on any atom is 0.244 e. The topological polar surface area (TPSA) is 75.0 Å². The molecule has 1 aliphatic carbocycles. The van der Waals surface area contributed by atoms with Crippen LogP contribution in [0, 0.1) is 0 Å². The number of likely N-dealkylation sites (tertiary alicyclic amines) is 1. The number of allylic oxidation sites excluding steroid dienone is 3. The zero-order valence-corrected chi connectivity index (χ0v) is 14.0. The minimum atomic E-state index is -0.509. The number of aromatic amines is 1. The first-order valence-corrected chi connectivity index (χ1v) is 8.63. The molecule has 0 radical (unpaired) electrons. The molecule has 5 heteroatoms. The summed E-state index contributed by atoms with van der Waals surface area (Å²) < 4.78 is 0. The summed E-state index contributed by atoms with van der Waals surface area (Å²) in [6.07, 6.45) is 12.3. The highest BCUT2D eigenvalue weighted by Crippen LogP contribution is 2.40. The maximum absolute atomic E-state index is 12.8. The fourth-order valence-electron chi connectivity index (χ4n) is 3.48. The Morgan fingerprint density at radius 3 is 3.00 bits per heavy atom. The van der Waals surface area contributed by atoms with E-state index in [4.69, 9.17) is 5.73 Å². The van der Waals surface area contributed by atoms with Crippen molar-refractivity contribution in [2.24, 2.45) is 5.73 Å². The van der Waals surface area contributed by atoms with Crippen LogP contribution in [0.4, 0.5) is 0 Å². The fraction of sp³-hybridized carbons (Fsp3) is 0.556. The number of carbonyl (C=O) groups excluding carboxylic acids is 1. The molecular formula is C18H26N4O. The van der Waals surface area contributed by atoms with Crippen molar-refractivity contribution >= 4 is 5.91 Å². The van der Waals surface area contributed by atoms with Gasteiger partial charge in [0.2, 0.25) is 5.91 Å². The van der Waals surface area contributed by atoms with Crippen molar-refractivity contribution in [1.82, 2.24) is 14.9 Å². The molecule has 0 aromatic carbocycles. The largest absolute Gasteiger partial charge is 0.344 e. The summed E-state index contributed by atoms with van der Waals surface area (Å²) in [6.45, 7) is 3.91. The van der Waals surface area contributed by atoms with E-state index in [9.17, 15) is 4.79 Å². The lowest BCUT2D eigenvalue weighted by atomic mass is 9.89. The van der Waals surface area contributed by atoms with Crippen LogP contribution in [0.15, 0.2) is 29.6 Å². The molecule has 1 fully saturated rings. The van der Waals surface area contributed by atoms with Crippen LogP contribution in [0.3, 0.4) is 0 Å². The number of fused-ring (bicyclic) bond motifs is 1. The van der Waals surface area contributed by atoms with Crippen LogP contribution >= 0.6 is 0 Å². The van der Waals surface area contributed by atoms with Crippen molar-refractivity contribution in [3.05, 3.63) is 41.1 Å². The third-order valence-electron chi connectivity index (χ3n) is 4.59. The molecule has 124 valence electrons. The van der Waals surface area contributed by atoms with Crippen LogP contribution in [0.25, 0.3) is 0 Å². The van der Waals surface area contributed by atoms with Crippen LogP contribution in [0.2, 0.25) is 0 Å². The summed E-state index contributed by atoms with van der Waals surface area (Å²) in [7, 11) is 0. The molecule has 2 heterocycles. The molecule has 23 heavy (non-hydrogen) atoms. The number of piperidine rings is 1. The molecule has 1 saturated heterocycles. The zero-order chi connectivity index (χ0) is 16.4. The third kappa shape index (κ3) is 3.11. The van der Waals surface area contributed by atoms with Gasteiger partial charge in [0, 0.05) is 17.6 Å². The second-order valence-corrected chi connectivity index (χ2v) is 6.49. The van der Waals surface area contributed by atoms with Crippen molar-refractivity contribution < 1.29 is 4.79 Å². The third-order valence-corrected chi connectivity index (χ3v) is 4.59. The van der Waals surface area contributed by atoms with Gasteiger partial charge in [-0.05, 0) is 44.6 Å². The van der Waals surface area contributed by atoms with Crippen molar-refractivity contribution in [1.29, 1.82) is 0 Å². The monoisotopic (exact) mass is 314 g/mol. The Balaban J connectivity index is 1.95. The van der Waals surface area contributed by atoms with Crippen molar-refractivity contribution in [3.63, 3.8) is 0 Å². The van der Waals surface area contributed by atoms with Gasteiger partial charge in [0.1, 0.15) is 5.82 Å². The predicted molar refractivity (Wildman–Crippen MR) is 90.5 cm³/mol. The van der Waals surface area contributed by atoms with Crippen LogP contribution in [0.1, 0.15) is 63.5 Å². The van der Waals surface area contributed by atoms with Crippen LogP contribution in [0.5, 0.6) is 0 Å². The molecule has 1 aliphatic heterocycles. The van der Waals surface area contributed by atoms with E-state index >= 15 is 0 Å². The fourth-order valence-corrected chi connectivity index (χ4v) is 3.48. The standard InChI is InChI=1S/C18H26N4O/c1-3-6-14-11-20-17(21-14)16-10-9-13-7-4-5-8-15(13)22(16)18(23)12(2)19/h7-8,11-12,16H,3-6,9-10,19H2,1-2H3,(H,20,21). The molecule has 2 atom stereocenters.